The van der Waals surface area contributed by atoms with E-state index >= 15 is 0 Å². The molecule has 266 valence electrons. The van der Waals surface area contributed by atoms with Gasteiger partial charge >= 0.3 is 0 Å². The minimum Gasteiger partial charge on any atom is -0.490 e. The third kappa shape index (κ3) is 8.07. The number of ether oxygens (including phenoxy) is 1. The SMILES string of the molecule is C=CCC(C)[C@@H](CC1CC1)S(=O)(=O)NC(=O)c1ccc2c(c1)N(CC1CCC1C(O)/C=C/CCC)C[C@@]1(CCCc3cc(Cl)ccc31)CO2. The lowest BCUT2D eigenvalue weighted by atomic mass is 9.68. The van der Waals surface area contributed by atoms with Gasteiger partial charge in [0.05, 0.1) is 23.6 Å². The fourth-order valence-electron chi connectivity index (χ4n) is 8.38. The Kier molecular flexibility index (Phi) is 11.2. The number of hydrogen-bond acceptors (Lipinski definition) is 6. The van der Waals surface area contributed by atoms with Crippen LogP contribution in [-0.4, -0.2) is 50.5 Å². The number of amides is 1. The summed E-state index contributed by atoms with van der Waals surface area (Å²) in [6.07, 6.45) is 15.4. The van der Waals surface area contributed by atoms with Crippen molar-refractivity contribution in [2.24, 2.45) is 23.7 Å². The smallest absolute Gasteiger partial charge is 0.264 e. The standard InChI is InChI=1S/C40H53ClN2O5S/c1-4-6-7-11-36(44)33-17-14-31(33)24-43-25-40(20-8-10-29-22-32(41)16-18-34(29)40)26-48-37-19-15-30(23-35(37)43)39(45)42-49(46,47)38(21-28-12-13-28)27(3)9-5-2/h5,7,11,15-16,18-19,22-23,27-28,31,33,36,38,44H,2,4,6,8-10,12-14,17,20-21,24-26H2,1,3H3,(H,42,45)/b11-7+/t27?,31?,33?,36?,38-,40+/m1/s1. The normalized spacial score (nSPS) is 25.3. The van der Waals surface area contributed by atoms with Crippen molar-refractivity contribution in [2.45, 2.75) is 101 Å². The molecule has 4 unspecified atom stereocenters. The largest absolute Gasteiger partial charge is 0.490 e. The molecule has 1 heterocycles. The molecule has 2 fully saturated rings. The van der Waals surface area contributed by atoms with Crippen LogP contribution in [0.4, 0.5) is 5.69 Å². The van der Waals surface area contributed by atoms with Gasteiger partial charge in [0.15, 0.2) is 0 Å². The highest BCUT2D eigenvalue weighted by Crippen LogP contribution is 2.47. The summed E-state index contributed by atoms with van der Waals surface area (Å²) in [6, 6.07) is 11.5. The third-order valence-electron chi connectivity index (χ3n) is 11.5. The van der Waals surface area contributed by atoms with Crippen LogP contribution < -0.4 is 14.4 Å². The first-order valence-electron chi connectivity index (χ1n) is 18.4. The lowest BCUT2D eigenvalue weighted by molar-refractivity contribution is 0.0456. The predicted octanol–water partition coefficient (Wildman–Crippen LogP) is 8.00. The van der Waals surface area contributed by atoms with E-state index in [-0.39, 0.29) is 28.7 Å². The van der Waals surface area contributed by atoms with Gasteiger partial charge in [0, 0.05) is 29.1 Å². The molecule has 2 aromatic carbocycles. The Bertz CT molecular complexity index is 1660. The van der Waals surface area contributed by atoms with Crippen LogP contribution in [0, 0.1) is 23.7 Å². The van der Waals surface area contributed by atoms with Crippen molar-refractivity contribution in [3.63, 3.8) is 0 Å². The number of carbonyl (C=O) groups excluding carboxylic acids is 1. The number of allylic oxidation sites excluding steroid dienone is 2. The third-order valence-corrected chi connectivity index (χ3v) is 13.7. The summed E-state index contributed by atoms with van der Waals surface area (Å²) in [5.74, 6) is 0.737. The first kappa shape index (κ1) is 36.0. The quantitative estimate of drug-likeness (QED) is 0.193. The molecule has 0 saturated heterocycles. The highest BCUT2D eigenvalue weighted by atomic mass is 35.5. The Balaban J connectivity index is 1.30. The molecule has 3 aliphatic carbocycles. The van der Waals surface area contributed by atoms with Gasteiger partial charge in [-0.25, -0.2) is 13.1 Å². The van der Waals surface area contributed by atoms with E-state index in [2.05, 4.69) is 41.3 Å². The van der Waals surface area contributed by atoms with Gasteiger partial charge in [-0.15, -0.1) is 6.58 Å². The number of fused-ring (bicyclic) bond motifs is 3. The fourth-order valence-corrected chi connectivity index (χ4v) is 10.4. The molecule has 2 saturated carbocycles. The summed E-state index contributed by atoms with van der Waals surface area (Å²) >= 11 is 6.44. The molecule has 0 radical (unpaired) electrons. The molecule has 49 heavy (non-hydrogen) atoms. The molecule has 1 spiro atoms. The van der Waals surface area contributed by atoms with Crippen LogP contribution in [0.25, 0.3) is 0 Å². The molecule has 1 amide bonds. The van der Waals surface area contributed by atoms with Gasteiger partial charge < -0.3 is 14.7 Å². The molecule has 2 N–H and O–H groups in total. The van der Waals surface area contributed by atoms with Crippen LogP contribution in [0.15, 0.2) is 61.2 Å². The van der Waals surface area contributed by atoms with E-state index in [4.69, 9.17) is 16.3 Å². The first-order valence-corrected chi connectivity index (χ1v) is 20.3. The van der Waals surface area contributed by atoms with Crippen molar-refractivity contribution >= 4 is 33.2 Å². The van der Waals surface area contributed by atoms with Crippen molar-refractivity contribution in [3.8, 4) is 5.75 Å². The first-order chi connectivity index (χ1) is 23.5. The topological polar surface area (TPSA) is 95.9 Å². The van der Waals surface area contributed by atoms with Gasteiger partial charge in [-0.2, -0.15) is 0 Å². The van der Waals surface area contributed by atoms with Crippen LogP contribution >= 0.6 is 11.6 Å². The van der Waals surface area contributed by atoms with Crippen molar-refractivity contribution in [1.82, 2.24) is 4.72 Å². The second kappa shape index (κ2) is 15.2. The van der Waals surface area contributed by atoms with Crippen LogP contribution in [-0.2, 0) is 21.9 Å². The number of rotatable bonds is 14. The molecule has 0 bridgehead atoms. The molecular weight excluding hydrogens is 656 g/mol. The molecular formula is C40H53ClN2O5S. The zero-order chi connectivity index (χ0) is 34.8. The van der Waals surface area contributed by atoms with Crippen LogP contribution in [0.5, 0.6) is 5.75 Å². The number of sulfonamides is 1. The second-order valence-corrected chi connectivity index (χ2v) is 17.5. The van der Waals surface area contributed by atoms with Gasteiger partial charge in [-0.05, 0) is 116 Å². The van der Waals surface area contributed by atoms with E-state index in [1.165, 1.54) is 11.1 Å². The Morgan fingerprint density at radius 1 is 1.20 bits per heavy atom. The van der Waals surface area contributed by atoms with Crippen LogP contribution in [0.2, 0.25) is 5.02 Å². The highest BCUT2D eigenvalue weighted by Gasteiger charge is 2.44. The summed E-state index contributed by atoms with van der Waals surface area (Å²) in [5.41, 5.74) is 3.31. The lowest BCUT2D eigenvalue weighted by Gasteiger charge is -2.45. The highest BCUT2D eigenvalue weighted by molar-refractivity contribution is 7.90. The average Bonchev–Trinajstić information content (AvgIpc) is 3.89. The van der Waals surface area contributed by atoms with Gasteiger partial charge in [-0.3, -0.25) is 4.79 Å². The van der Waals surface area contributed by atoms with Crippen LogP contribution in [0.1, 0.15) is 99.5 Å². The van der Waals surface area contributed by atoms with Gasteiger partial charge in [-0.1, -0.05) is 69.0 Å². The minimum atomic E-state index is -3.93. The number of carbonyl (C=O) groups is 1. The number of nitrogens with one attached hydrogen (secondary N) is 1. The summed E-state index contributed by atoms with van der Waals surface area (Å²) in [6.45, 7) is 9.75. The van der Waals surface area contributed by atoms with Crippen molar-refractivity contribution in [1.29, 1.82) is 0 Å². The Morgan fingerprint density at radius 2 is 2.02 bits per heavy atom. The maximum Gasteiger partial charge on any atom is 0.264 e. The number of nitrogens with zero attached hydrogens (tertiary/aromatic N) is 1. The molecule has 4 aliphatic rings. The predicted molar refractivity (Wildman–Crippen MR) is 198 cm³/mol. The number of anilines is 1. The molecule has 6 atom stereocenters. The summed E-state index contributed by atoms with van der Waals surface area (Å²) in [7, 11) is -3.93. The number of aliphatic hydroxyl groups is 1. The lowest BCUT2D eigenvalue weighted by Crippen LogP contribution is -2.49. The Labute approximate surface area is 298 Å². The maximum atomic E-state index is 13.7. The minimum absolute atomic E-state index is 0.147. The van der Waals surface area contributed by atoms with Crippen LogP contribution in [0.3, 0.4) is 0 Å². The maximum absolute atomic E-state index is 13.7. The Morgan fingerprint density at radius 3 is 2.73 bits per heavy atom. The molecule has 2 aromatic rings. The van der Waals surface area contributed by atoms with E-state index in [9.17, 15) is 18.3 Å². The van der Waals surface area contributed by atoms with Crippen molar-refractivity contribution < 1.29 is 23.1 Å². The number of hydrogen-bond donors (Lipinski definition) is 2. The fraction of sp³-hybridized carbons (Fsp3) is 0.575. The van der Waals surface area contributed by atoms with E-state index in [0.29, 0.717) is 44.2 Å². The molecule has 6 rings (SSSR count). The summed E-state index contributed by atoms with van der Waals surface area (Å²) in [4.78, 5) is 16.1. The number of unbranched alkanes of at least 4 members (excludes halogenated alkanes) is 1. The van der Waals surface area contributed by atoms with Gasteiger partial charge in [0.2, 0.25) is 10.0 Å². The number of aryl methyl sites for hydroxylation is 1. The molecule has 7 nitrogen and oxygen atoms in total. The molecule has 1 aliphatic heterocycles. The molecule has 0 aromatic heterocycles. The van der Waals surface area contributed by atoms with Gasteiger partial charge in [0.1, 0.15) is 5.75 Å². The van der Waals surface area contributed by atoms with Gasteiger partial charge in [0.25, 0.3) is 5.91 Å². The molecule has 9 heteroatoms. The summed E-state index contributed by atoms with van der Waals surface area (Å²) < 4.78 is 36.5. The number of aliphatic hydroxyl groups excluding tert-OH is 1. The van der Waals surface area contributed by atoms with E-state index < -0.39 is 27.3 Å². The van der Waals surface area contributed by atoms with E-state index in [0.717, 1.165) is 68.5 Å². The van der Waals surface area contributed by atoms with Crippen molar-refractivity contribution in [2.75, 3.05) is 24.6 Å². The zero-order valence-corrected chi connectivity index (χ0v) is 30.7. The number of halogens is 1. The Hall–Kier alpha value is -2.81. The second-order valence-electron chi connectivity index (χ2n) is 15.2. The van der Waals surface area contributed by atoms with E-state index in [1.54, 1.807) is 18.2 Å². The number of benzene rings is 2. The summed E-state index contributed by atoms with van der Waals surface area (Å²) in [5, 5.41) is 11.2. The monoisotopic (exact) mass is 708 g/mol. The van der Waals surface area contributed by atoms with Crippen molar-refractivity contribution in [3.05, 3.63) is 82.9 Å². The average molecular weight is 709 g/mol. The zero-order valence-electron chi connectivity index (χ0n) is 29.1. The van der Waals surface area contributed by atoms with E-state index in [1.807, 2.05) is 25.1 Å².